The Bertz CT molecular complexity index is 972. The van der Waals surface area contributed by atoms with Crippen LogP contribution in [0.1, 0.15) is 23.6 Å². The van der Waals surface area contributed by atoms with Gasteiger partial charge in [0.2, 0.25) is 5.88 Å². The molecule has 0 fully saturated rings. The predicted molar refractivity (Wildman–Crippen MR) is 100 cm³/mol. The lowest BCUT2D eigenvalue weighted by atomic mass is 10.1. The van der Waals surface area contributed by atoms with Gasteiger partial charge in [0.15, 0.2) is 12.3 Å². The molecule has 2 aromatic carbocycles. The predicted octanol–water partition coefficient (Wildman–Crippen LogP) is 4.74. The molecule has 1 heterocycles. The first-order valence-corrected chi connectivity index (χ1v) is 8.46. The maximum absolute atomic E-state index is 11.9. The average molecular weight is 351 g/mol. The molecular weight excluding hydrogens is 330 g/mol. The summed E-state index contributed by atoms with van der Waals surface area (Å²) in [7, 11) is 0. The van der Waals surface area contributed by atoms with Crippen LogP contribution in [0.2, 0.25) is 0 Å². The van der Waals surface area contributed by atoms with Gasteiger partial charge < -0.3 is 14.8 Å². The molecule has 0 saturated heterocycles. The van der Waals surface area contributed by atoms with Gasteiger partial charge in [-0.15, -0.1) is 10.2 Å². The lowest BCUT2D eigenvalue weighted by molar-refractivity contribution is -0.120. The van der Waals surface area contributed by atoms with Gasteiger partial charge in [0, 0.05) is 5.39 Å². The van der Waals surface area contributed by atoms with E-state index in [9.17, 15) is 9.90 Å². The van der Waals surface area contributed by atoms with E-state index in [2.05, 4.69) is 22.1 Å². The highest BCUT2D eigenvalue weighted by atomic mass is 16.5. The van der Waals surface area contributed by atoms with E-state index in [0.29, 0.717) is 5.75 Å². The van der Waals surface area contributed by atoms with Gasteiger partial charge in [0.05, 0.1) is 5.52 Å². The van der Waals surface area contributed by atoms with Crippen molar-refractivity contribution in [3.8, 4) is 11.6 Å². The number of hydrogen-bond donors (Lipinski definition) is 2. The number of nitrogens with zero attached hydrogens (tertiary/aromatic N) is 2. The Morgan fingerprint density at radius 1 is 1.15 bits per heavy atom. The lowest BCUT2D eigenvalue weighted by Gasteiger charge is -2.03. The molecule has 6 heteroatoms. The third kappa shape index (κ3) is 3.59. The third-order valence-electron chi connectivity index (χ3n) is 4.41. The van der Waals surface area contributed by atoms with Crippen molar-refractivity contribution in [1.82, 2.24) is 4.98 Å². The van der Waals surface area contributed by atoms with Gasteiger partial charge in [-0.1, -0.05) is 31.2 Å². The molecule has 1 aromatic heterocycles. The number of H-pyrrole nitrogens is 1. The molecule has 0 bridgehead atoms. The van der Waals surface area contributed by atoms with Crippen LogP contribution in [0.5, 0.6) is 11.6 Å². The third-order valence-corrected chi connectivity index (χ3v) is 4.41. The van der Waals surface area contributed by atoms with Crippen LogP contribution in [0.4, 0.5) is 5.69 Å². The summed E-state index contributed by atoms with van der Waals surface area (Å²) < 4.78 is 5.42. The van der Waals surface area contributed by atoms with Crippen molar-refractivity contribution in [3.63, 3.8) is 0 Å². The number of carbonyl (C=O) groups is 1. The highest BCUT2D eigenvalue weighted by Gasteiger charge is 2.13. The van der Waals surface area contributed by atoms with Crippen molar-refractivity contribution in [3.05, 3.63) is 53.1 Å². The molecule has 0 atom stereocenters. The zero-order valence-corrected chi connectivity index (χ0v) is 15.0. The number of fused-ring (bicyclic) bond motifs is 1. The van der Waals surface area contributed by atoms with E-state index in [1.165, 1.54) is 5.56 Å². The Labute approximate surface area is 151 Å². The summed E-state index contributed by atoms with van der Waals surface area (Å²) in [6.07, 6.45) is 0.945. The van der Waals surface area contributed by atoms with Gasteiger partial charge in [-0.05, 0) is 49.1 Å². The summed E-state index contributed by atoms with van der Waals surface area (Å²) in [5, 5.41) is 18.4. The molecule has 6 nitrogen and oxygen atoms in total. The van der Waals surface area contributed by atoms with E-state index < -0.39 is 5.91 Å². The molecule has 2 N–H and O–H groups in total. The largest absolute Gasteiger partial charge is 0.493 e. The molecule has 0 aliphatic rings. The van der Waals surface area contributed by atoms with E-state index in [1.807, 2.05) is 50.2 Å². The van der Waals surface area contributed by atoms with Crippen molar-refractivity contribution in [2.75, 3.05) is 6.61 Å². The minimum absolute atomic E-state index is 0.110. The van der Waals surface area contributed by atoms with Crippen molar-refractivity contribution < 1.29 is 14.6 Å². The number of aromatic nitrogens is 1. The van der Waals surface area contributed by atoms with Crippen LogP contribution in [0.3, 0.4) is 0 Å². The molecule has 0 aliphatic carbocycles. The minimum Gasteiger partial charge on any atom is -0.493 e. The molecule has 26 heavy (non-hydrogen) atoms. The fourth-order valence-corrected chi connectivity index (χ4v) is 2.68. The van der Waals surface area contributed by atoms with E-state index >= 15 is 0 Å². The summed E-state index contributed by atoms with van der Waals surface area (Å²) in [5.41, 5.74) is 4.36. The number of benzene rings is 2. The zero-order valence-electron chi connectivity index (χ0n) is 15.0. The van der Waals surface area contributed by atoms with Crippen LogP contribution < -0.4 is 4.74 Å². The van der Waals surface area contributed by atoms with Crippen LogP contribution in [-0.2, 0) is 11.2 Å². The normalized spacial score (nSPS) is 11.3. The minimum atomic E-state index is -0.526. The molecule has 0 aliphatic heterocycles. The number of azo groups is 1. The van der Waals surface area contributed by atoms with Gasteiger partial charge in [0.25, 0.3) is 0 Å². The van der Waals surface area contributed by atoms with Gasteiger partial charge in [-0.2, -0.15) is 0 Å². The van der Waals surface area contributed by atoms with Crippen molar-refractivity contribution >= 4 is 22.5 Å². The van der Waals surface area contributed by atoms with Crippen LogP contribution in [-0.4, -0.2) is 22.6 Å². The molecule has 1 amide bonds. The first kappa shape index (κ1) is 17.7. The van der Waals surface area contributed by atoms with Crippen molar-refractivity contribution in [1.29, 1.82) is 0 Å². The molecule has 0 unspecified atom stereocenters. The van der Waals surface area contributed by atoms with Crippen LogP contribution in [0.25, 0.3) is 10.9 Å². The summed E-state index contributed by atoms with van der Waals surface area (Å²) >= 11 is 0. The number of aromatic amines is 1. The van der Waals surface area contributed by atoms with Crippen LogP contribution in [0, 0.1) is 13.8 Å². The molecule has 134 valence electrons. The molecule has 0 spiro atoms. The zero-order chi connectivity index (χ0) is 18.7. The number of rotatable bonds is 5. The van der Waals surface area contributed by atoms with Crippen LogP contribution >= 0.6 is 0 Å². The monoisotopic (exact) mass is 351 g/mol. The maximum Gasteiger partial charge on any atom is 0.302 e. The quantitative estimate of drug-likeness (QED) is 0.651. The number of nitrogens with one attached hydrogen (secondary N) is 1. The molecule has 0 radical (unpaired) electrons. The van der Waals surface area contributed by atoms with Gasteiger partial charge >= 0.3 is 5.91 Å². The summed E-state index contributed by atoms with van der Waals surface area (Å²) in [5.74, 6) is -0.0322. The summed E-state index contributed by atoms with van der Waals surface area (Å²) in [6, 6.07) is 11.3. The highest BCUT2D eigenvalue weighted by Crippen LogP contribution is 2.37. The Morgan fingerprint density at radius 3 is 2.58 bits per heavy atom. The standard InChI is InChI=1S/C20H21N3O3/c1-4-14-6-8-15(9-7-14)26-11-17(24)22-23-19-16-10-5-12(2)13(3)18(16)21-20(19)25/h5-10,21,25H,4,11H2,1-3H3. The Kier molecular flexibility index (Phi) is 5.02. The number of hydrogen-bond acceptors (Lipinski definition) is 4. The van der Waals surface area contributed by atoms with E-state index in [4.69, 9.17) is 4.74 Å². The topological polar surface area (TPSA) is 87.0 Å². The van der Waals surface area contributed by atoms with Gasteiger partial charge in [-0.3, -0.25) is 4.79 Å². The molecule has 0 saturated carbocycles. The van der Waals surface area contributed by atoms with Crippen LogP contribution in [0.15, 0.2) is 46.6 Å². The number of aromatic hydroxyl groups is 1. The summed E-state index contributed by atoms with van der Waals surface area (Å²) in [4.78, 5) is 14.8. The first-order valence-electron chi connectivity index (χ1n) is 8.46. The van der Waals surface area contributed by atoms with Crippen molar-refractivity contribution in [2.45, 2.75) is 27.2 Å². The lowest BCUT2D eigenvalue weighted by Crippen LogP contribution is -2.07. The molecule has 3 rings (SSSR count). The fourth-order valence-electron chi connectivity index (χ4n) is 2.68. The second-order valence-electron chi connectivity index (χ2n) is 6.13. The number of aryl methyl sites for hydroxylation is 3. The Balaban J connectivity index is 1.71. The Hall–Kier alpha value is -3.15. The highest BCUT2D eigenvalue weighted by molar-refractivity contribution is 5.96. The number of amides is 1. The van der Waals surface area contributed by atoms with E-state index in [0.717, 1.165) is 28.5 Å². The fraction of sp³-hybridized carbons (Fsp3) is 0.250. The van der Waals surface area contributed by atoms with Gasteiger partial charge in [0.1, 0.15) is 5.75 Å². The van der Waals surface area contributed by atoms with Gasteiger partial charge in [-0.25, -0.2) is 0 Å². The summed E-state index contributed by atoms with van der Waals surface area (Å²) in [6.45, 7) is 5.80. The van der Waals surface area contributed by atoms with E-state index in [-0.39, 0.29) is 18.2 Å². The maximum atomic E-state index is 11.9. The van der Waals surface area contributed by atoms with E-state index in [1.54, 1.807) is 0 Å². The average Bonchev–Trinajstić information content (AvgIpc) is 2.98. The number of carbonyl (C=O) groups excluding carboxylic acids is 1. The first-order chi connectivity index (χ1) is 12.5. The smallest absolute Gasteiger partial charge is 0.302 e. The number of ether oxygens (including phenoxy) is 1. The second kappa shape index (κ2) is 7.39. The molecular formula is C20H21N3O3. The SMILES string of the molecule is CCc1ccc(OCC(=O)N=Nc2c(O)[nH]c3c(C)c(C)ccc23)cc1. The van der Waals surface area contributed by atoms with Crippen molar-refractivity contribution in [2.24, 2.45) is 10.2 Å². The second-order valence-corrected chi connectivity index (χ2v) is 6.13. The Morgan fingerprint density at radius 2 is 1.88 bits per heavy atom. The molecule has 3 aromatic rings.